The van der Waals surface area contributed by atoms with E-state index in [4.69, 9.17) is 4.74 Å². The first-order valence-electron chi connectivity index (χ1n) is 6.29. The molecule has 112 valence electrons. The number of nitrogens with zero attached hydrogens (tertiary/aromatic N) is 1. The Hall–Kier alpha value is -0.440. The molecule has 1 fully saturated rings. The SMILES string of the molecule is CCOC(=O)CN(C1CC1)S(=O)(=O)c1cc(C)c(Br)s1. The van der Waals surface area contributed by atoms with Crippen molar-refractivity contribution in [3.63, 3.8) is 0 Å². The summed E-state index contributed by atoms with van der Waals surface area (Å²) in [6.45, 7) is 3.58. The second-order valence-corrected chi connectivity index (χ2v) is 9.10. The zero-order valence-electron chi connectivity index (χ0n) is 11.3. The van der Waals surface area contributed by atoms with E-state index in [1.165, 1.54) is 15.6 Å². The van der Waals surface area contributed by atoms with E-state index < -0.39 is 16.0 Å². The van der Waals surface area contributed by atoms with Crippen molar-refractivity contribution in [2.24, 2.45) is 0 Å². The molecule has 1 heterocycles. The van der Waals surface area contributed by atoms with Gasteiger partial charge in [0.15, 0.2) is 0 Å². The average molecular weight is 382 g/mol. The third-order valence-corrected chi connectivity index (χ3v) is 7.43. The molecule has 1 aliphatic carbocycles. The van der Waals surface area contributed by atoms with E-state index in [9.17, 15) is 13.2 Å². The van der Waals surface area contributed by atoms with E-state index in [-0.39, 0.29) is 23.4 Å². The quantitative estimate of drug-likeness (QED) is 0.710. The van der Waals surface area contributed by atoms with E-state index in [1.54, 1.807) is 13.0 Å². The summed E-state index contributed by atoms with van der Waals surface area (Å²) in [5.74, 6) is -0.504. The fourth-order valence-electron chi connectivity index (χ4n) is 1.78. The van der Waals surface area contributed by atoms with E-state index in [0.29, 0.717) is 0 Å². The molecule has 1 saturated carbocycles. The Morgan fingerprint density at radius 1 is 1.55 bits per heavy atom. The highest BCUT2D eigenvalue weighted by molar-refractivity contribution is 9.11. The van der Waals surface area contributed by atoms with Crippen LogP contribution in [0.1, 0.15) is 25.3 Å². The fourth-order valence-corrected chi connectivity index (χ4v) is 5.77. The van der Waals surface area contributed by atoms with E-state index >= 15 is 0 Å². The lowest BCUT2D eigenvalue weighted by atomic mass is 10.4. The summed E-state index contributed by atoms with van der Waals surface area (Å²) in [6.07, 6.45) is 1.59. The first-order valence-corrected chi connectivity index (χ1v) is 9.34. The lowest BCUT2D eigenvalue weighted by molar-refractivity contribution is -0.143. The summed E-state index contributed by atoms with van der Waals surface area (Å²) in [5.41, 5.74) is 0.875. The van der Waals surface area contributed by atoms with Crippen molar-refractivity contribution < 1.29 is 17.9 Å². The summed E-state index contributed by atoms with van der Waals surface area (Å²) in [5, 5.41) is 0. The summed E-state index contributed by atoms with van der Waals surface area (Å²) >= 11 is 4.50. The highest BCUT2D eigenvalue weighted by Crippen LogP contribution is 2.36. The van der Waals surface area contributed by atoms with Gasteiger partial charge in [-0.25, -0.2) is 8.42 Å². The predicted molar refractivity (Wildman–Crippen MR) is 80.3 cm³/mol. The van der Waals surface area contributed by atoms with Crippen molar-refractivity contribution in [1.29, 1.82) is 0 Å². The van der Waals surface area contributed by atoms with Crippen LogP contribution in [0.5, 0.6) is 0 Å². The average Bonchev–Trinajstić information content (AvgIpc) is 3.13. The molecule has 5 nitrogen and oxygen atoms in total. The molecule has 20 heavy (non-hydrogen) atoms. The first kappa shape index (κ1) is 15.9. The molecule has 8 heteroatoms. The number of aryl methyl sites for hydroxylation is 1. The van der Waals surface area contributed by atoms with Crippen molar-refractivity contribution in [1.82, 2.24) is 4.31 Å². The standard InChI is InChI=1S/C12H16BrNO4S2/c1-3-18-10(15)7-14(9-4-5-9)20(16,17)11-6-8(2)12(13)19-11/h6,9H,3-5,7H2,1-2H3. The Balaban J connectivity index is 2.25. The van der Waals surface area contributed by atoms with Gasteiger partial charge in [-0.2, -0.15) is 4.31 Å². The minimum Gasteiger partial charge on any atom is -0.465 e. The molecule has 1 aliphatic rings. The molecule has 0 unspecified atom stereocenters. The Kier molecular flexibility index (Phi) is 4.88. The number of ether oxygens (including phenoxy) is 1. The summed E-state index contributed by atoms with van der Waals surface area (Å²) in [6, 6.07) is 1.55. The van der Waals surface area contributed by atoms with Gasteiger partial charge in [-0.15, -0.1) is 11.3 Å². The van der Waals surface area contributed by atoms with Gasteiger partial charge in [0, 0.05) is 6.04 Å². The van der Waals surface area contributed by atoms with Gasteiger partial charge in [0.2, 0.25) is 0 Å². The molecule has 1 aromatic heterocycles. The van der Waals surface area contributed by atoms with E-state index in [0.717, 1.165) is 22.2 Å². The lowest BCUT2D eigenvalue weighted by Crippen LogP contribution is -2.37. The molecular weight excluding hydrogens is 366 g/mol. The minimum absolute atomic E-state index is 0.0782. The largest absolute Gasteiger partial charge is 0.465 e. The van der Waals surface area contributed by atoms with Gasteiger partial charge in [0.05, 0.1) is 10.4 Å². The second-order valence-electron chi connectivity index (χ2n) is 4.61. The van der Waals surface area contributed by atoms with Crippen molar-refractivity contribution in [3.8, 4) is 0 Å². The Morgan fingerprint density at radius 3 is 2.65 bits per heavy atom. The minimum atomic E-state index is -3.63. The van der Waals surface area contributed by atoms with Gasteiger partial charge in [-0.1, -0.05) is 0 Å². The van der Waals surface area contributed by atoms with Crippen LogP contribution in [-0.4, -0.2) is 37.9 Å². The number of hydrogen-bond donors (Lipinski definition) is 0. The molecule has 0 aromatic carbocycles. The molecule has 1 aromatic rings. The smallest absolute Gasteiger partial charge is 0.321 e. The topological polar surface area (TPSA) is 63.7 Å². The molecule has 0 spiro atoms. The van der Waals surface area contributed by atoms with Crippen molar-refractivity contribution >= 4 is 43.3 Å². The van der Waals surface area contributed by atoms with E-state index in [1.807, 2.05) is 6.92 Å². The van der Waals surface area contributed by atoms with Gasteiger partial charge in [0.1, 0.15) is 10.8 Å². The number of sulfonamides is 1. The third-order valence-electron chi connectivity index (χ3n) is 2.94. The van der Waals surface area contributed by atoms with Gasteiger partial charge in [-0.3, -0.25) is 4.79 Å². The van der Waals surface area contributed by atoms with Crippen molar-refractivity contribution in [2.75, 3.05) is 13.2 Å². The van der Waals surface area contributed by atoms with Gasteiger partial charge < -0.3 is 4.74 Å². The molecular formula is C12H16BrNO4S2. The number of esters is 1. The van der Waals surface area contributed by atoms with E-state index in [2.05, 4.69) is 15.9 Å². The normalized spacial score (nSPS) is 15.6. The molecule has 0 aliphatic heterocycles. The highest BCUT2D eigenvalue weighted by atomic mass is 79.9. The summed E-state index contributed by atoms with van der Waals surface area (Å²) < 4.78 is 32.4. The number of carbonyl (C=O) groups is 1. The number of carbonyl (C=O) groups excluding carboxylic acids is 1. The van der Waals surface area contributed by atoms with Gasteiger partial charge in [-0.05, 0) is 54.2 Å². The third kappa shape index (κ3) is 3.41. The fraction of sp³-hybridized carbons (Fsp3) is 0.583. The molecule has 0 radical (unpaired) electrons. The van der Waals surface area contributed by atoms with Gasteiger partial charge in [0.25, 0.3) is 10.0 Å². The highest BCUT2D eigenvalue weighted by Gasteiger charge is 2.40. The molecule has 0 bridgehead atoms. The maximum absolute atomic E-state index is 12.6. The van der Waals surface area contributed by atoms with Crippen LogP contribution in [0.4, 0.5) is 0 Å². The van der Waals surface area contributed by atoms with Crippen molar-refractivity contribution in [3.05, 3.63) is 15.4 Å². The van der Waals surface area contributed by atoms with Crippen LogP contribution in [0.25, 0.3) is 0 Å². The number of thiophene rings is 1. The zero-order valence-corrected chi connectivity index (χ0v) is 14.5. The maximum atomic E-state index is 12.6. The maximum Gasteiger partial charge on any atom is 0.321 e. The van der Waals surface area contributed by atoms with Crippen LogP contribution in [0.15, 0.2) is 14.1 Å². The zero-order chi connectivity index (χ0) is 14.9. The van der Waals surface area contributed by atoms with Crippen LogP contribution >= 0.6 is 27.3 Å². The Labute approximate surface area is 131 Å². The van der Waals surface area contributed by atoms with Crippen LogP contribution in [0.3, 0.4) is 0 Å². The number of hydrogen-bond acceptors (Lipinski definition) is 5. The second kappa shape index (κ2) is 6.13. The summed E-state index contributed by atoms with van der Waals surface area (Å²) in [7, 11) is -3.63. The molecule has 2 rings (SSSR count). The molecule has 0 atom stereocenters. The number of rotatable bonds is 6. The predicted octanol–water partition coefficient (Wildman–Crippen LogP) is 2.54. The summed E-state index contributed by atoms with van der Waals surface area (Å²) in [4.78, 5) is 11.6. The van der Waals surface area contributed by atoms with Crippen LogP contribution in [0, 0.1) is 6.92 Å². The van der Waals surface area contributed by atoms with Crippen molar-refractivity contribution in [2.45, 2.75) is 36.9 Å². The Morgan fingerprint density at radius 2 is 2.20 bits per heavy atom. The van der Waals surface area contributed by atoms with Crippen LogP contribution < -0.4 is 0 Å². The lowest BCUT2D eigenvalue weighted by Gasteiger charge is -2.19. The van der Waals surface area contributed by atoms with Crippen LogP contribution in [0.2, 0.25) is 0 Å². The molecule has 0 amide bonds. The van der Waals surface area contributed by atoms with Gasteiger partial charge >= 0.3 is 5.97 Å². The Bertz CT molecular complexity index is 587. The first-order chi connectivity index (χ1) is 9.36. The molecule has 0 N–H and O–H groups in total. The van der Waals surface area contributed by atoms with Crippen LogP contribution in [-0.2, 0) is 19.6 Å². The monoisotopic (exact) mass is 381 g/mol. The molecule has 0 saturated heterocycles. The number of halogens is 1.